The van der Waals surface area contributed by atoms with E-state index in [1.165, 1.54) is 33.4 Å². The molecule has 2 aliphatic rings. The molecule has 74 heavy (non-hydrogen) atoms. The molecule has 2 unspecified atom stereocenters. The lowest BCUT2D eigenvalue weighted by molar-refractivity contribution is -0.122. The van der Waals surface area contributed by atoms with Crippen LogP contribution in [0.1, 0.15) is 77.0 Å². The molecule has 0 spiro atoms. The number of aliphatic hydroxyl groups is 1. The van der Waals surface area contributed by atoms with Gasteiger partial charge in [-0.1, -0.05) is 199 Å². The monoisotopic (exact) mass is 1020 g/mol. The Labute approximate surface area is 446 Å². The second kappa shape index (κ2) is 26.0. The predicted molar refractivity (Wildman–Crippen MR) is 304 cm³/mol. The fourth-order valence-electron chi connectivity index (χ4n) is 11.9. The lowest BCUT2D eigenvalue weighted by Crippen LogP contribution is -2.51. The first-order valence-electron chi connectivity index (χ1n) is 26.2. The second-order valence-electron chi connectivity index (χ2n) is 19.5. The van der Waals surface area contributed by atoms with Crippen LogP contribution in [0.5, 0.6) is 0 Å². The highest BCUT2D eigenvalue weighted by molar-refractivity contribution is 8.00. The van der Waals surface area contributed by atoms with Crippen LogP contribution >= 0.6 is 23.5 Å². The highest BCUT2D eigenvalue weighted by Crippen LogP contribution is 2.51. The summed E-state index contributed by atoms with van der Waals surface area (Å²) in [6, 6.07) is 71.6. The average Bonchev–Trinajstić information content (AvgIpc) is 3.68. The third kappa shape index (κ3) is 12.2. The Hall–Kier alpha value is -6.01. The van der Waals surface area contributed by atoms with Gasteiger partial charge >= 0.3 is 0 Å². The molecule has 0 saturated carbocycles. The van der Waals surface area contributed by atoms with E-state index < -0.39 is 15.6 Å². The van der Waals surface area contributed by atoms with Gasteiger partial charge in [-0.2, -0.15) is 0 Å². The smallest absolute Gasteiger partial charge is 0.234 e. The molecule has 10 heteroatoms. The molecule has 2 saturated heterocycles. The number of aliphatic hydroxyl groups excluding tert-OH is 1. The fourth-order valence-corrected chi connectivity index (χ4v) is 14.9. The van der Waals surface area contributed by atoms with Gasteiger partial charge in [0, 0.05) is 49.4 Å². The summed E-state index contributed by atoms with van der Waals surface area (Å²) in [5.74, 6) is 1.59. The maximum Gasteiger partial charge on any atom is 0.234 e. The largest absolute Gasteiger partial charge is 0.399 e. The average molecular weight is 1030 g/mol. The van der Waals surface area contributed by atoms with Gasteiger partial charge in [0.15, 0.2) is 0 Å². The lowest BCUT2D eigenvalue weighted by atomic mass is 9.73. The molecule has 9 rings (SSSR count). The van der Waals surface area contributed by atoms with E-state index in [0.29, 0.717) is 25.3 Å². The van der Waals surface area contributed by atoms with Gasteiger partial charge in [0.2, 0.25) is 5.91 Å². The number of nitrogens with zero attached hydrogens (tertiary/aromatic N) is 3. The number of amides is 1. The van der Waals surface area contributed by atoms with Crippen LogP contribution in [-0.2, 0) is 19.1 Å². The van der Waals surface area contributed by atoms with Crippen molar-refractivity contribution in [1.82, 2.24) is 15.1 Å². The minimum atomic E-state index is -0.481. The molecule has 0 aromatic heterocycles. The lowest BCUT2D eigenvalue weighted by Gasteiger charge is -2.45. The van der Waals surface area contributed by atoms with Crippen LogP contribution < -0.4 is 5.32 Å². The Balaban J connectivity index is 0.940. The van der Waals surface area contributed by atoms with Crippen LogP contribution in [0.15, 0.2) is 211 Å². The molecule has 5 atom stereocenters. The molecule has 2 aliphatic heterocycles. The van der Waals surface area contributed by atoms with Crippen LogP contribution in [0.4, 0.5) is 4.39 Å². The van der Waals surface area contributed by atoms with Crippen LogP contribution in [0.3, 0.4) is 0 Å². The van der Waals surface area contributed by atoms with Gasteiger partial charge in [0.1, 0.15) is 12.9 Å². The number of oxime groups is 1. The number of rotatable bonds is 25. The Morgan fingerprint density at radius 1 is 0.676 bits per heavy atom. The number of fused-ring (bicyclic) bond motifs is 2. The van der Waals surface area contributed by atoms with Gasteiger partial charge in [-0.3, -0.25) is 14.6 Å². The first-order valence-corrected chi connectivity index (χ1v) is 28.2. The van der Waals surface area contributed by atoms with Crippen molar-refractivity contribution in [2.24, 2.45) is 11.1 Å². The van der Waals surface area contributed by atoms with Crippen molar-refractivity contribution in [3.63, 3.8) is 0 Å². The van der Waals surface area contributed by atoms with Crippen LogP contribution in [0, 0.1) is 11.7 Å². The van der Waals surface area contributed by atoms with Crippen molar-refractivity contribution < 1.29 is 19.1 Å². The Bertz CT molecular complexity index is 2600. The molecule has 2 N–H and O–H groups in total. The van der Waals surface area contributed by atoms with Crippen LogP contribution in [0.2, 0.25) is 0 Å². The topological polar surface area (TPSA) is 77.4 Å². The summed E-state index contributed by atoms with van der Waals surface area (Å²) in [5.41, 5.74) is 8.35. The summed E-state index contributed by atoms with van der Waals surface area (Å²) in [5, 5.41) is 19.2. The van der Waals surface area contributed by atoms with E-state index >= 15 is 0 Å². The Morgan fingerprint density at radius 2 is 1.14 bits per heavy atom. The normalized spacial score (nSPS) is 18.9. The number of piperidine rings is 1. The summed E-state index contributed by atoms with van der Waals surface area (Å²) in [7, 11) is 1.55. The van der Waals surface area contributed by atoms with Crippen molar-refractivity contribution in [3.8, 4) is 0 Å². The Morgan fingerprint density at radius 3 is 1.59 bits per heavy atom. The number of thioether (sulfide) groups is 2. The van der Waals surface area contributed by atoms with Gasteiger partial charge in [-0.25, -0.2) is 4.39 Å². The van der Waals surface area contributed by atoms with Gasteiger partial charge in [0.05, 0.1) is 22.1 Å². The fraction of sp³-hybridized carbons (Fsp3) is 0.312. The molecule has 7 aromatic carbocycles. The number of hydrogen-bond donors (Lipinski definition) is 2. The summed E-state index contributed by atoms with van der Waals surface area (Å²) < 4.78 is 13.2. The summed E-state index contributed by atoms with van der Waals surface area (Å²) in [6.07, 6.45) is 5.35. The molecule has 2 fully saturated rings. The third-order valence-corrected chi connectivity index (χ3v) is 18.2. The van der Waals surface area contributed by atoms with E-state index in [4.69, 9.17) is 4.84 Å². The number of carbonyl (C=O) groups is 1. The zero-order valence-corrected chi connectivity index (χ0v) is 44.0. The zero-order valence-electron chi connectivity index (χ0n) is 42.4. The van der Waals surface area contributed by atoms with Crippen molar-refractivity contribution in [2.75, 3.05) is 51.3 Å². The number of benzene rings is 7. The van der Waals surface area contributed by atoms with E-state index in [9.17, 15) is 14.3 Å². The van der Waals surface area contributed by atoms with Crippen molar-refractivity contribution in [3.05, 3.63) is 251 Å². The highest BCUT2D eigenvalue weighted by Gasteiger charge is 2.51. The van der Waals surface area contributed by atoms with Gasteiger partial charge in [0.25, 0.3) is 0 Å². The second-order valence-corrected chi connectivity index (χ2v) is 22.1. The third-order valence-electron chi connectivity index (χ3n) is 15.2. The number of carbonyl (C=O) groups excluding carboxylic acids is 1. The summed E-state index contributed by atoms with van der Waals surface area (Å²) >= 11 is 3.78. The molecule has 7 aromatic rings. The molecule has 0 aliphatic carbocycles. The van der Waals surface area contributed by atoms with E-state index in [0.717, 1.165) is 50.1 Å². The molecule has 2 heterocycles. The van der Waals surface area contributed by atoms with E-state index in [-0.39, 0.29) is 42.2 Å². The quantitative estimate of drug-likeness (QED) is 0.0256. The summed E-state index contributed by atoms with van der Waals surface area (Å²) in [4.78, 5) is 24.3. The number of nitrogens with one attached hydrogen (secondary N) is 1. The molecule has 7 nitrogen and oxygen atoms in total. The minimum Gasteiger partial charge on any atom is -0.399 e. The number of halogens is 1. The van der Waals surface area contributed by atoms with Crippen molar-refractivity contribution >= 4 is 35.6 Å². The first kappa shape index (κ1) is 52.8. The SMILES string of the molecule is CON=CCC[C@@H]1C2[C@H](O)CC(C[C@@H]1c1ccc(F)cc1)N2CCCN(CCSC(c1ccccc1)(c1ccccc1)c1ccccc1)CC(=O)NCCSC(c1ccccc1)(c1ccccc1)c1ccccc1. The van der Waals surface area contributed by atoms with Crippen LogP contribution in [0.25, 0.3) is 0 Å². The van der Waals surface area contributed by atoms with Gasteiger partial charge in [-0.15, -0.1) is 23.5 Å². The molecule has 2 bridgehead atoms. The molecular weight excluding hydrogens is 956 g/mol. The maximum atomic E-state index is 14.4. The van der Waals surface area contributed by atoms with E-state index in [2.05, 4.69) is 202 Å². The highest BCUT2D eigenvalue weighted by atomic mass is 32.2. The maximum absolute atomic E-state index is 14.4. The molecule has 0 radical (unpaired) electrons. The summed E-state index contributed by atoms with van der Waals surface area (Å²) in [6.45, 7) is 3.00. The van der Waals surface area contributed by atoms with E-state index in [1.807, 2.05) is 41.9 Å². The van der Waals surface area contributed by atoms with Gasteiger partial charge < -0.3 is 15.3 Å². The zero-order chi connectivity index (χ0) is 51.0. The Kier molecular flexibility index (Phi) is 18.5. The van der Waals surface area contributed by atoms with Crippen molar-refractivity contribution in [1.29, 1.82) is 0 Å². The minimum absolute atomic E-state index is 0.00849. The van der Waals surface area contributed by atoms with Crippen molar-refractivity contribution in [2.45, 2.75) is 65.7 Å². The van der Waals surface area contributed by atoms with Crippen LogP contribution in [-0.4, -0.2) is 96.6 Å². The molecule has 382 valence electrons. The first-order chi connectivity index (χ1) is 36.4. The van der Waals surface area contributed by atoms with Gasteiger partial charge in [-0.05, 0) is 102 Å². The number of hydrogen-bond acceptors (Lipinski definition) is 8. The predicted octanol–water partition coefficient (Wildman–Crippen LogP) is 12.4. The van der Waals surface area contributed by atoms with E-state index in [1.54, 1.807) is 19.2 Å². The molecule has 1 amide bonds. The molecular formula is C64H69FN4O3S2. The standard InChI is InChI=1S/C64H69FN4O3S2/c1-72-67-39-20-34-58-59(49-35-37-56(65)38-36-49)46-57-47-60(70)62(58)69(57)42-21-41-68(43-45-74-64(53-28-14-5-15-29-53,54-30-16-6-17-31-54)55-32-18-7-19-33-55)48-61(71)66-40-44-73-63(50-22-8-2-9-23-50,51-24-10-3-11-25-51)52-26-12-4-13-27-52/h2-19,22-33,35-39,57-60,62,70H,20-21,34,40-48H2,1H3,(H,66,71)/t57?,58-,59+,60+,62?/m0/s1.